The molecule has 1 aliphatic rings. The molecule has 0 spiro atoms. The van der Waals surface area contributed by atoms with Gasteiger partial charge in [-0.1, -0.05) is 30.3 Å². The molecule has 4 rings (SSSR count). The molecule has 1 aromatic carbocycles. The summed E-state index contributed by atoms with van der Waals surface area (Å²) < 4.78 is 8.33. The van der Waals surface area contributed by atoms with Crippen molar-refractivity contribution in [2.24, 2.45) is 0 Å². The summed E-state index contributed by atoms with van der Waals surface area (Å²) in [6.07, 6.45) is 4.00. The third-order valence-corrected chi connectivity index (χ3v) is 5.14. The number of nitrogens with one attached hydrogen (secondary N) is 1. The summed E-state index contributed by atoms with van der Waals surface area (Å²) in [4.78, 5) is 8.97. The van der Waals surface area contributed by atoms with Crippen molar-refractivity contribution in [1.29, 1.82) is 0 Å². The number of aryl methyl sites for hydroxylation is 1. The van der Waals surface area contributed by atoms with Crippen molar-refractivity contribution in [2.75, 3.05) is 13.2 Å². The molecule has 0 radical (unpaired) electrons. The second-order valence-electron chi connectivity index (χ2n) is 6.76. The summed E-state index contributed by atoms with van der Waals surface area (Å²) in [5, 5.41) is 4.50. The Balaban J connectivity index is 1.68. The highest BCUT2D eigenvalue weighted by Crippen LogP contribution is 2.30. The number of rotatable bonds is 5. The molecule has 130 valence electrons. The zero-order valence-electron chi connectivity index (χ0n) is 14.8. The summed E-state index contributed by atoms with van der Waals surface area (Å²) in [6.45, 7) is 6.82. The van der Waals surface area contributed by atoms with Crippen LogP contribution in [-0.2, 0) is 6.54 Å². The number of benzene rings is 1. The van der Waals surface area contributed by atoms with Crippen LogP contribution in [0, 0.1) is 13.8 Å². The van der Waals surface area contributed by atoms with Crippen molar-refractivity contribution in [1.82, 2.24) is 19.9 Å². The summed E-state index contributed by atoms with van der Waals surface area (Å²) in [6, 6.07) is 10.9. The SMILES string of the molecule is Cc1c(C)n(Cc2ccccc2)c2ncnc(OCC3CCCN3)c12. The Hall–Kier alpha value is -2.40. The van der Waals surface area contributed by atoms with Crippen LogP contribution in [0.3, 0.4) is 0 Å². The van der Waals surface area contributed by atoms with Gasteiger partial charge in [-0.15, -0.1) is 0 Å². The molecule has 3 aromatic rings. The molecule has 5 heteroatoms. The van der Waals surface area contributed by atoms with Gasteiger partial charge in [0.1, 0.15) is 18.6 Å². The first-order chi connectivity index (χ1) is 12.2. The largest absolute Gasteiger partial charge is 0.475 e. The number of fused-ring (bicyclic) bond motifs is 1. The highest BCUT2D eigenvalue weighted by atomic mass is 16.5. The molecule has 3 heterocycles. The molecule has 1 aliphatic heterocycles. The Morgan fingerprint density at radius 3 is 2.80 bits per heavy atom. The third kappa shape index (κ3) is 3.12. The zero-order valence-corrected chi connectivity index (χ0v) is 14.8. The number of hydrogen-bond acceptors (Lipinski definition) is 4. The lowest BCUT2D eigenvalue weighted by Gasteiger charge is -2.12. The minimum absolute atomic E-state index is 0.429. The lowest BCUT2D eigenvalue weighted by atomic mass is 10.2. The highest BCUT2D eigenvalue weighted by molar-refractivity contribution is 5.86. The van der Waals surface area contributed by atoms with Gasteiger partial charge in [0.2, 0.25) is 5.88 Å². The van der Waals surface area contributed by atoms with Crippen LogP contribution in [0.2, 0.25) is 0 Å². The fourth-order valence-corrected chi connectivity index (χ4v) is 3.58. The van der Waals surface area contributed by atoms with Crippen LogP contribution < -0.4 is 10.1 Å². The summed E-state index contributed by atoms with van der Waals surface area (Å²) in [5.41, 5.74) is 4.62. The monoisotopic (exact) mass is 336 g/mol. The van der Waals surface area contributed by atoms with Gasteiger partial charge in [0.05, 0.1) is 5.39 Å². The number of nitrogens with zero attached hydrogens (tertiary/aromatic N) is 3. The molecule has 1 unspecified atom stereocenters. The Kier molecular flexibility index (Phi) is 4.40. The van der Waals surface area contributed by atoms with Crippen LogP contribution in [-0.4, -0.2) is 33.7 Å². The molecule has 1 atom stereocenters. The first-order valence-corrected chi connectivity index (χ1v) is 8.94. The van der Waals surface area contributed by atoms with E-state index in [9.17, 15) is 0 Å². The molecule has 1 N–H and O–H groups in total. The van der Waals surface area contributed by atoms with Gasteiger partial charge in [-0.2, -0.15) is 0 Å². The third-order valence-electron chi connectivity index (χ3n) is 5.14. The number of ether oxygens (including phenoxy) is 1. The molecule has 25 heavy (non-hydrogen) atoms. The molecule has 2 aromatic heterocycles. The quantitative estimate of drug-likeness (QED) is 0.777. The van der Waals surface area contributed by atoms with Gasteiger partial charge in [-0.3, -0.25) is 0 Å². The van der Waals surface area contributed by atoms with Crippen molar-refractivity contribution >= 4 is 11.0 Å². The average molecular weight is 336 g/mol. The smallest absolute Gasteiger partial charge is 0.226 e. The van der Waals surface area contributed by atoms with Crippen LogP contribution in [0.4, 0.5) is 0 Å². The van der Waals surface area contributed by atoms with Gasteiger partial charge < -0.3 is 14.6 Å². The normalized spacial score (nSPS) is 17.3. The molecular formula is C20H24N4O. The highest BCUT2D eigenvalue weighted by Gasteiger charge is 2.20. The van der Waals surface area contributed by atoms with Gasteiger partial charge in [-0.25, -0.2) is 9.97 Å². The van der Waals surface area contributed by atoms with E-state index in [2.05, 4.69) is 58.0 Å². The minimum Gasteiger partial charge on any atom is -0.475 e. The lowest BCUT2D eigenvalue weighted by molar-refractivity contribution is 0.270. The Labute approximate surface area is 148 Å². The maximum Gasteiger partial charge on any atom is 0.226 e. The Bertz CT molecular complexity index is 866. The van der Waals surface area contributed by atoms with Gasteiger partial charge in [0.15, 0.2) is 0 Å². The molecule has 0 bridgehead atoms. The van der Waals surface area contributed by atoms with Crippen LogP contribution >= 0.6 is 0 Å². The fourth-order valence-electron chi connectivity index (χ4n) is 3.58. The molecule has 1 saturated heterocycles. The number of aromatic nitrogens is 3. The second kappa shape index (κ2) is 6.84. The maximum absolute atomic E-state index is 6.08. The maximum atomic E-state index is 6.08. The van der Waals surface area contributed by atoms with Crippen molar-refractivity contribution < 1.29 is 4.74 Å². The molecule has 5 nitrogen and oxygen atoms in total. The van der Waals surface area contributed by atoms with E-state index in [-0.39, 0.29) is 0 Å². The van der Waals surface area contributed by atoms with Crippen molar-refractivity contribution in [3.05, 3.63) is 53.5 Å². The fraction of sp³-hybridized carbons (Fsp3) is 0.400. The Morgan fingerprint density at radius 2 is 2.04 bits per heavy atom. The molecule has 1 fully saturated rings. The average Bonchev–Trinajstić information content (AvgIpc) is 3.24. The van der Waals surface area contributed by atoms with E-state index in [1.165, 1.54) is 29.7 Å². The molecule has 0 amide bonds. The van der Waals surface area contributed by atoms with E-state index < -0.39 is 0 Å². The molecule has 0 aliphatic carbocycles. The van der Waals surface area contributed by atoms with Crippen LogP contribution in [0.1, 0.15) is 29.7 Å². The van der Waals surface area contributed by atoms with Crippen LogP contribution in [0.25, 0.3) is 11.0 Å². The summed E-state index contributed by atoms with van der Waals surface area (Å²) in [7, 11) is 0. The van der Waals surface area contributed by atoms with Gasteiger partial charge in [0.25, 0.3) is 0 Å². The van der Waals surface area contributed by atoms with Gasteiger partial charge >= 0.3 is 0 Å². The molecule has 0 saturated carbocycles. The van der Waals surface area contributed by atoms with Crippen LogP contribution in [0.5, 0.6) is 5.88 Å². The number of hydrogen-bond donors (Lipinski definition) is 1. The second-order valence-corrected chi connectivity index (χ2v) is 6.76. The van der Waals surface area contributed by atoms with Gasteiger partial charge in [0, 0.05) is 18.3 Å². The first kappa shape index (κ1) is 16.1. The van der Waals surface area contributed by atoms with Crippen molar-refractivity contribution in [3.8, 4) is 5.88 Å². The zero-order chi connectivity index (χ0) is 17.2. The topological polar surface area (TPSA) is 52.0 Å². The van der Waals surface area contributed by atoms with Crippen molar-refractivity contribution in [2.45, 2.75) is 39.3 Å². The van der Waals surface area contributed by atoms with E-state index >= 15 is 0 Å². The first-order valence-electron chi connectivity index (χ1n) is 8.94. The predicted octanol–water partition coefficient (Wildman–Crippen LogP) is 3.23. The van der Waals surface area contributed by atoms with E-state index in [0.29, 0.717) is 18.5 Å². The van der Waals surface area contributed by atoms with Crippen molar-refractivity contribution in [3.63, 3.8) is 0 Å². The van der Waals surface area contributed by atoms with Crippen LogP contribution in [0.15, 0.2) is 36.7 Å². The minimum atomic E-state index is 0.429. The standard InChI is InChI=1S/C20H24N4O/c1-14-15(2)24(11-16-7-4-3-5-8-16)19-18(14)20(23-13-22-19)25-12-17-9-6-10-21-17/h3-5,7-8,13,17,21H,6,9-12H2,1-2H3. The summed E-state index contributed by atoms with van der Waals surface area (Å²) in [5.74, 6) is 0.700. The van der Waals surface area contributed by atoms with E-state index in [1.807, 2.05) is 6.07 Å². The van der Waals surface area contributed by atoms with E-state index in [0.717, 1.165) is 24.1 Å². The van der Waals surface area contributed by atoms with Gasteiger partial charge in [-0.05, 0) is 44.4 Å². The van der Waals surface area contributed by atoms with E-state index in [4.69, 9.17) is 4.74 Å². The molecular weight excluding hydrogens is 312 g/mol. The predicted molar refractivity (Wildman–Crippen MR) is 99.1 cm³/mol. The lowest BCUT2D eigenvalue weighted by Crippen LogP contribution is -2.28. The Morgan fingerprint density at radius 1 is 1.20 bits per heavy atom. The van der Waals surface area contributed by atoms with E-state index in [1.54, 1.807) is 6.33 Å². The summed E-state index contributed by atoms with van der Waals surface area (Å²) >= 11 is 0.